The second-order valence-electron chi connectivity index (χ2n) is 5.90. The number of carbonyl (C=O) groups excluding carboxylic acids is 1. The Balaban J connectivity index is 1.53. The summed E-state index contributed by atoms with van der Waals surface area (Å²) in [6, 6.07) is 23.3. The van der Waals surface area contributed by atoms with Crippen LogP contribution in [0.25, 0.3) is 0 Å². The predicted octanol–water partition coefficient (Wildman–Crippen LogP) is 5.09. The Hall–Kier alpha value is -3.14. The highest BCUT2D eigenvalue weighted by Gasteiger charge is 2.11. The summed E-state index contributed by atoms with van der Waals surface area (Å²) in [7, 11) is 0. The van der Waals surface area contributed by atoms with Crippen LogP contribution in [0.15, 0.2) is 78.9 Å². The molecule has 3 nitrogen and oxygen atoms in total. The molecule has 0 spiro atoms. The van der Waals surface area contributed by atoms with Crippen LogP contribution in [0.3, 0.4) is 0 Å². The summed E-state index contributed by atoms with van der Waals surface area (Å²) < 4.78 is 19.4. The van der Waals surface area contributed by atoms with Crippen molar-refractivity contribution in [2.45, 2.75) is 12.8 Å². The van der Waals surface area contributed by atoms with E-state index >= 15 is 0 Å². The average Bonchev–Trinajstić information content (AvgIpc) is 2.67. The van der Waals surface area contributed by atoms with Crippen molar-refractivity contribution in [2.75, 3.05) is 11.9 Å². The van der Waals surface area contributed by atoms with Crippen molar-refractivity contribution in [3.8, 4) is 5.75 Å². The molecule has 0 saturated heterocycles. The molecule has 0 atom stereocenters. The number of rotatable bonds is 7. The maximum absolute atomic E-state index is 13.7. The van der Waals surface area contributed by atoms with Gasteiger partial charge in [-0.25, -0.2) is 4.39 Å². The lowest BCUT2D eigenvalue weighted by Gasteiger charge is -2.10. The summed E-state index contributed by atoms with van der Waals surface area (Å²) in [5, 5.41) is 2.70. The Kier molecular flexibility index (Phi) is 5.99. The summed E-state index contributed by atoms with van der Waals surface area (Å²) in [5.41, 5.74) is 1.86. The number of nitrogens with one attached hydrogen (secondary N) is 1. The highest BCUT2D eigenvalue weighted by molar-refractivity contribution is 6.04. The fourth-order valence-corrected chi connectivity index (χ4v) is 2.62. The topological polar surface area (TPSA) is 38.3 Å². The van der Waals surface area contributed by atoms with E-state index in [2.05, 4.69) is 17.4 Å². The number of aryl methyl sites for hydroxylation is 1. The summed E-state index contributed by atoms with van der Waals surface area (Å²) in [5.74, 6) is -0.355. The van der Waals surface area contributed by atoms with E-state index < -0.39 is 11.7 Å². The molecule has 132 valence electrons. The zero-order valence-corrected chi connectivity index (χ0v) is 14.3. The highest BCUT2D eigenvalue weighted by atomic mass is 19.1. The van der Waals surface area contributed by atoms with Crippen molar-refractivity contribution >= 4 is 11.6 Å². The third kappa shape index (κ3) is 4.93. The van der Waals surface area contributed by atoms with Crippen LogP contribution in [0, 0.1) is 5.82 Å². The second kappa shape index (κ2) is 8.81. The van der Waals surface area contributed by atoms with Crippen molar-refractivity contribution in [1.29, 1.82) is 0 Å². The molecule has 0 radical (unpaired) electrons. The van der Waals surface area contributed by atoms with Gasteiger partial charge in [0.2, 0.25) is 0 Å². The monoisotopic (exact) mass is 349 g/mol. The van der Waals surface area contributed by atoms with Crippen LogP contribution in [0.2, 0.25) is 0 Å². The molecule has 3 rings (SSSR count). The normalized spacial score (nSPS) is 10.3. The molecule has 0 aliphatic heterocycles. The van der Waals surface area contributed by atoms with Crippen LogP contribution in [-0.2, 0) is 6.42 Å². The molecule has 0 heterocycles. The van der Waals surface area contributed by atoms with E-state index in [1.165, 1.54) is 17.7 Å². The molecule has 26 heavy (non-hydrogen) atoms. The zero-order valence-electron chi connectivity index (χ0n) is 14.3. The van der Waals surface area contributed by atoms with Gasteiger partial charge in [0, 0.05) is 11.8 Å². The molecule has 0 fully saturated rings. The molecule has 0 aliphatic carbocycles. The Labute approximate surface area is 152 Å². The minimum atomic E-state index is -0.543. The van der Waals surface area contributed by atoms with E-state index in [4.69, 9.17) is 4.74 Å². The van der Waals surface area contributed by atoms with Gasteiger partial charge in [0.05, 0.1) is 12.2 Å². The lowest BCUT2D eigenvalue weighted by atomic mass is 10.1. The van der Waals surface area contributed by atoms with E-state index in [0.717, 1.165) is 12.8 Å². The fourth-order valence-electron chi connectivity index (χ4n) is 2.62. The quantitative estimate of drug-likeness (QED) is 0.603. The number of anilines is 1. The molecule has 4 heteroatoms. The first-order valence-electron chi connectivity index (χ1n) is 8.55. The molecule has 0 aromatic heterocycles. The fraction of sp³-hybridized carbons (Fsp3) is 0.136. The minimum Gasteiger partial charge on any atom is -0.494 e. The number of amides is 1. The van der Waals surface area contributed by atoms with Crippen LogP contribution >= 0.6 is 0 Å². The van der Waals surface area contributed by atoms with Crippen molar-refractivity contribution in [1.82, 2.24) is 0 Å². The van der Waals surface area contributed by atoms with Crippen LogP contribution in [0.1, 0.15) is 22.3 Å². The smallest absolute Gasteiger partial charge is 0.258 e. The number of hydrogen-bond donors (Lipinski definition) is 1. The van der Waals surface area contributed by atoms with Crippen LogP contribution in [0.4, 0.5) is 10.1 Å². The first-order valence-corrected chi connectivity index (χ1v) is 8.55. The van der Waals surface area contributed by atoms with Crippen molar-refractivity contribution in [2.24, 2.45) is 0 Å². The van der Waals surface area contributed by atoms with Crippen molar-refractivity contribution in [3.63, 3.8) is 0 Å². The van der Waals surface area contributed by atoms with E-state index in [0.29, 0.717) is 18.0 Å². The minimum absolute atomic E-state index is 0.0154. The number of hydrogen-bond acceptors (Lipinski definition) is 2. The molecule has 0 aliphatic rings. The average molecular weight is 349 g/mol. The maximum atomic E-state index is 13.7. The molecule has 0 unspecified atom stereocenters. The Morgan fingerprint density at radius 3 is 2.50 bits per heavy atom. The van der Waals surface area contributed by atoms with Gasteiger partial charge in [0.1, 0.15) is 11.6 Å². The SMILES string of the molecule is O=C(Nc1cccc(OCCCc2ccccc2)c1)c1ccccc1F. The van der Waals surface area contributed by atoms with Gasteiger partial charge >= 0.3 is 0 Å². The van der Waals surface area contributed by atoms with E-state index in [9.17, 15) is 9.18 Å². The predicted molar refractivity (Wildman–Crippen MR) is 101 cm³/mol. The first kappa shape index (κ1) is 17.7. The van der Waals surface area contributed by atoms with Gasteiger partial charge in [-0.05, 0) is 42.7 Å². The molecule has 3 aromatic rings. The van der Waals surface area contributed by atoms with E-state index in [-0.39, 0.29) is 5.56 Å². The molecule has 1 amide bonds. The summed E-state index contributed by atoms with van der Waals surface area (Å²) in [6.07, 6.45) is 1.85. The number of halogens is 1. The number of benzene rings is 3. The third-order valence-corrected chi connectivity index (χ3v) is 3.93. The largest absolute Gasteiger partial charge is 0.494 e. The van der Waals surface area contributed by atoms with Crippen LogP contribution in [0.5, 0.6) is 5.75 Å². The lowest BCUT2D eigenvalue weighted by molar-refractivity contribution is 0.102. The molecule has 1 N–H and O–H groups in total. The van der Waals surface area contributed by atoms with Gasteiger partial charge in [0.25, 0.3) is 5.91 Å². The van der Waals surface area contributed by atoms with Gasteiger partial charge in [-0.1, -0.05) is 48.5 Å². The zero-order chi connectivity index (χ0) is 18.2. The van der Waals surface area contributed by atoms with Crippen LogP contribution < -0.4 is 10.1 Å². The summed E-state index contributed by atoms with van der Waals surface area (Å²) in [4.78, 5) is 12.2. The molecular weight excluding hydrogens is 329 g/mol. The Morgan fingerprint density at radius 2 is 1.69 bits per heavy atom. The van der Waals surface area contributed by atoms with Crippen molar-refractivity contribution < 1.29 is 13.9 Å². The van der Waals surface area contributed by atoms with Crippen LogP contribution in [-0.4, -0.2) is 12.5 Å². The number of carbonyl (C=O) groups is 1. The second-order valence-corrected chi connectivity index (χ2v) is 5.90. The lowest BCUT2D eigenvalue weighted by Crippen LogP contribution is -2.13. The molecule has 0 bridgehead atoms. The Morgan fingerprint density at radius 1 is 0.923 bits per heavy atom. The van der Waals surface area contributed by atoms with E-state index in [1.54, 1.807) is 30.3 Å². The van der Waals surface area contributed by atoms with Gasteiger partial charge < -0.3 is 10.1 Å². The van der Waals surface area contributed by atoms with Crippen molar-refractivity contribution in [3.05, 3.63) is 95.8 Å². The third-order valence-electron chi connectivity index (χ3n) is 3.93. The Bertz CT molecular complexity index is 865. The van der Waals surface area contributed by atoms with Gasteiger partial charge in [-0.3, -0.25) is 4.79 Å². The summed E-state index contributed by atoms with van der Waals surface area (Å²) in [6.45, 7) is 0.583. The summed E-state index contributed by atoms with van der Waals surface area (Å²) >= 11 is 0. The first-order chi connectivity index (χ1) is 12.7. The van der Waals surface area contributed by atoms with Gasteiger partial charge in [0.15, 0.2) is 0 Å². The van der Waals surface area contributed by atoms with Gasteiger partial charge in [-0.2, -0.15) is 0 Å². The van der Waals surface area contributed by atoms with Gasteiger partial charge in [-0.15, -0.1) is 0 Å². The molecular formula is C22H20FNO2. The molecule has 0 saturated carbocycles. The highest BCUT2D eigenvalue weighted by Crippen LogP contribution is 2.19. The standard InChI is InChI=1S/C22H20FNO2/c23-21-14-5-4-13-20(21)22(25)24-18-11-6-12-19(16-18)26-15-7-10-17-8-2-1-3-9-17/h1-6,8-9,11-14,16H,7,10,15H2,(H,24,25). The molecule has 3 aromatic carbocycles. The number of ether oxygens (including phenoxy) is 1. The van der Waals surface area contributed by atoms with E-state index in [1.807, 2.05) is 24.3 Å². The maximum Gasteiger partial charge on any atom is 0.258 e.